The van der Waals surface area contributed by atoms with Gasteiger partial charge in [-0.15, -0.1) is 0 Å². The molecule has 216 valence electrons. The molecular weight excluding hydrogens is 568 g/mol. The lowest BCUT2D eigenvalue weighted by molar-refractivity contribution is 1.25. The van der Waals surface area contributed by atoms with Crippen LogP contribution in [0.15, 0.2) is 188 Å². The Labute approximate surface area is 270 Å². The molecule has 0 aromatic heterocycles. The molecule has 7 aromatic carbocycles. The summed E-state index contributed by atoms with van der Waals surface area (Å²) in [6.45, 7) is 0. The van der Waals surface area contributed by atoms with Gasteiger partial charge in [0.2, 0.25) is 0 Å². The van der Waals surface area contributed by atoms with E-state index < -0.39 is 0 Å². The SMILES string of the molecule is Clc1cc(N(c2ccccc2)c2ccccc2)cc(N(c2cccc(-c3ccccc3)c2)c2cccc(-c3ccccc3)c2)c1. The number of halogens is 1. The van der Waals surface area contributed by atoms with Crippen molar-refractivity contribution in [1.29, 1.82) is 0 Å². The van der Waals surface area contributed by atoms with Gasteiger partial charge in [0.25, 0.3) is 0 Å². The van der Waals surface area contributed by atoms with Crippen LogP contribution in [0.5, 0.6) is 0 Å². The van der Waals surface area contributed by atoms with Crippen LogP contribution >= 0.6 is 11.6 Å². The maximum Gasteiger partial charge on any atom is 0.0497 e. The zero-order chi connectivity index (χ0) is 30.4. The number of nitrogens with zero attached hydrogens (tertiary/aromatic N) is 2. The molecule has 0 saturated carbocycles. The van der Waals surface area contributed by atoms with E-state index in [0.717, 1.165) is 45.3 Å². The van der Waals surface area contributed by atoms with Gasteiger partial charge in [-0.05, 0) is 89.0 Å². The second-order valence-electron chi connectivity index (χ2n) is 10.8. The number of rotatable bonds is 8. The Balaban J connectivity index is 1.42. The van der Waals surface area contributed by atoms with Gasteiger partial charge in [-0.3, -0.25) is 0 Å². The van der Waals surface area contributed by atoms with Gasteiger partial charge >= 0.3 is 0 Å². The molecule has 0 heterocycles. The van der Waals surface area contributed by atoms with E-state index in [-0.39, 0.29) is 0 Å². The van der Waals surface area contributed by atoms with Gasteiger partial charge in [0.15, 0.2) is 0 Å². The minimum absolute atomic E-state index is 0.655. The Morgan fingerprint density at radius 3 is 1.02 bits per heavy atom. The molecule has 0 saturated heterocycles. The van der Waals surface area contributed by atoms with Crippen molar-refractivity contribution in [1.82, 2.24) is 0 Å². The molecule has 0 radical (unpaired) electrons. The van der Waals surface area contributed by atoms with Gasteiger partial charge < -0.3 is 9.80 Å². The van der Waals surface area contributed by atoms with E-state index in [9.17, 15) is 0 Å². The summed E-state index contributed by atoms with van der Waals surface area (Å²) >= 11 is 6.99. The van der Waals surface area contributed by atoms with Crippen LogP contribution in [0.1, 0.15) is 0 Å². The van der Waals surface area contributed by atoms with Crippen molar-refractivity contribution in [3.05, 3.63) is 193 Å². The molecule has 0 N–H and O–H groups in total. The summed E-state index contributed by atoms with van der Waals surface area (Å²) in [5, 5.41) is 0.655. The first kappa shape index (κ1) is 28.2. The molecule has 0 fully saturated rings. The fourth-order valence-electron chi connectivity index (χ4n) is 5.78. The van der Waals surface area contributed by atoms with Crippen LogP contribution in [0.2, 0.25) is 5.02 Å². The summed E-state index contributed by atoms with van der Waals surface area (Å²) in [6, 6.07) is 65.5. The fraction of sp³-hybridized carbons (Fsp3) is 0. The van der Waals surface area contributed by atoms with Crippen LogP contribution in [0.4, 0.5) is 34.1 Å². The quantitative estimate of drug-likeness (QED) is 0.172. The molecule has 7 rings (SSSR count). The maximum absolute atomic E-state index is 6.99. The molecule has 0 aliphatic heterocycles. The largest absolute Gasteiger partial charge is 0.310 e. The molecule has 0 amide bonds. The van der Waals surface area contributed by atoms with E-state index in [4.69, 9.17) is 11.6 Å². The average Bonchev–Trinajstić information content (AvgIpc) is 3.10. The van der Waals surface area contributed by atoms with Gasteiger partial charge in [-0.25, -0.2) is 0 Å². The normalized spacial score (nSPS) is 10.8. The molecule has 3 heteroatoms. The highest BCUT2D eigenvalue weighted by Gasteiger charge is 2.19. The molecular formula is C42H31ClN2. The Morgan fingerprint density at radius 2 is 0.600 bits per heavy atom. The van der Waals surface area contributed by atoms with Crippen LogP contribution in [0.25, 0.3) is 22.3 Å². The number of hydrogen-bond donors (Lipinski definition) is 0. The summed E-state index contributed by atoms with van der Waals surface area (Å²) < 4.78 is 0. The Bertz CT molecular complexity index is 1890. The van der Waals surface area contributed by atoms with Gasteiger partial charge in [-0.2, -0.15) is 0 Å². The van der Waals surface area contributed by atoms with Crippen molar-refractivity contribution in [3.8, 4) is 22.3 Å². The first-order valence-electron chi connectivity index (χ1n) is 15.0. The summed E-state index contributed by atoms with van der Waals surface area (Å²) in [5.74, 6) is 0. The molecule has 0 bridgehead atoms. The highest BCUT2D eigenvalue weighted by atomic mass is 35.5. The van der Waals surface area contributed by atoms with E-state index in [0.29, 0.717) is 5.02 Å². The van der Waals surface area contributed by atoms with Crippen LogP contribution < -0.4 is 9.80 Å². The third-order valence-corrected chi connectivity index (χ3v) is 8.05. The van der Waals surface area contributed by atoms with Crippen molar-refractivity contribution < 1.29 is 0 Å². The van der Waals surface area contributed by atoms with E-state index >= 15 is 0 Å². The molecule has 45 heavy (non-hydrogen) atoms. The lowest BCUT2D eigenvalue weighted by Gasteiger charge is -2.30. The number of para-hydroxylation sites is 2. The molecule has 7 aromatic rings. The summed E-state index contributed by atoms with van der Waals surface area (Å²) in [7, 11) is 0. The second kappa shape index (κ2) is 13.0. The number of benzene rings is 7. The van der Waals surface area contributed by atoms with E-state index in [1.54, 1.807) is 0 Å². The Kier molecular flexibility index (Phi) is 8.13. The van der Waals surface area contributed by atoms with Gasteiger partial charge in [0.1, 0.15) is 0 Å². The van der Waals surface area contributed by atoms with Crippen LogP contribution in [-0.4, -0.2) is 0 Å². The topological polar surface area (TPSA) is 6.48 Å². The summed E-state index contributed by atoms with van der Waals surface area (Å²) in [5.41, 5.74) is 10.8. The Hall–Kier alpha value is -5.57. The average molecular weight is 599 g/mol. The molecule has 0 unspecified atom stereocenters. The van der Waals surface area contributed by atoms with E-state index in [2.05, 4.69) is 161 Å². The molecule has 0 spiro atoms. The lowest BCUT2D eigenvalue weighted by atomic mass is 10.0. The minimum atomic E-state index is 0.655. The first-order valence-corrected chi connectivity index (χ1v) is 15.4. The van der Waals surface area contributed by atoms with E-state index in [1.807, 2.05) is 36.4 Å². The third kappa shape index (κ3) is 6.24. The molecule has 2 nitrogen and oxygen atoms in total. The summed E-state index contributed by atoms with van der Waals surface area (Å²) in [4.78, 5) is 4.54. The molecule has 0 atom stereocenters. The van der Waals surface area contributed by atoms with Crippen molar-refractivity contribution >= 4 is 45.7 Å². The third-order valence-electron chi connectivity index (χ3n) is 7.84. The fourth-order valence-corrected chi connectivity index (χ4v) is 6.00. The Morgan fingerprint density at radius 1 is 0.267 bits per heavy atom. The van der Waals surface area contributed by atoms with Gasteiger partial charge in [-0.1, -0.05) is 133 Å². The molecule has 0 aliphatic rings. The number of anilines is 6. The van der Waals surface area contributed by atoms with Gasteiger partial charge in [0, 0.05) is 39.1 Å². The number of hydrogen-bond acceptors (Lipinski definition) is 2. The van der Waals surface area contributed by atoms with Crippen molar-refractivity contribution in [2.75, 3.05) is 9.80 Å². The van der Waals surface area contributed by atoms with Crippen LogP contribution in [0, 0.1) is 0 Å². The predicted molar refractivity (Wildman–Crippen MR) is 192 cm³/mol. The smallest absolute Gasteiger partial charge is 0.0497 e. The second-order valence-corrected chi connectivity index (χ2v) is 11.3. The van der Waals surface area contributed by atoms with Crippen molar-refractivity contribution in [3.63, 3.8) is 0 Å². The lowest BCUT2D eigenvalue weighted by Crippen LogP contribution is -2.13. The zero-order valence-electron chi connectivity index (χ0n) is 24.7. The monoisotopic (exact) mass is 598 g/mol. The molecule has 0 aliphatic carbocycles. The highest BCUT2D eigenvalue weighted by Crippen LogP contribution is 2.43. The van der Waals surface area contributed by atoms with Gasteiger partial charge in [0.05, 0.1) is 0 Å². The predicted octanol–water partition coefficient (Wildman–Crippen LogP) is 12.6. The van der Waals surface area contributed by atoms with Crippen molar-refractivity contribution in [2.45, 2.75) is 0 Å². The van der Waals surface area contributed by atoms with E-state index in [1.165, 1.54) is 11.1 Å². The van der Waals surface area contributed by atoms with Crippen LogP contribution in [0.3, 0.4) is 0 Å². The maximum atomic E-state index is 6.99. The standard InChI is InChI=1S/C42H31ClN2/c43-36-29-41(44(37-21-9-3-10-22-37)38-23-11-4-12-24-38)31-42(30-36)45(39-25-13-19-34(27-39)32-15-5-1-6-16-32)40-26-14-20-35(28-40)33-17-7-2-8-18-33/h1-31H. The minimum Gasteiger partial charge on any atom is -0.310 e. The zero-order valence-corrected chi connectivity index (χ0v) is 25.4. The first-order chi connectivity index (χ1) is 22.2. The highest BCUT2D eigenvalue weighted by molar-refractivity contribution is 6.31. The summed E-state index contributed by atoms with van der Waals surface area (Å²) in [6.07, 6.45) is 0. The van der Waals surface area contributed by atoms with Crippen molar-refractivity contribution in [2.24, 2.45) is 0 Å². The van der Waals surface area contributed by atoms with Crippen LogP contribution in [-0.2, 0) is 0 Å².